The van der Waals surface area contributed by atoms with E-state index in [4.69, 9.17) is 12.2 Å². The predicted octanol–water partition coefficient (Wildman–Crippen LogP) is 2.48. The van der Waals surface area contributed by atoms with E-state index < -0.39 is 10.0 Å². The van der Waals surface area contributed by atoms with Gasteiger partial charge in [0.2, 0.25) is 5.88 Å². The number of aromatic hydroxyl groups is 1. The van der Waals surface area contributed by atoms with Crippen molar-refractivity contribution in [1.82, 2.24) is 4.68 Å². The van der Waals surface area contributed by atoms with Crippen molar-refractivity contribution in [3.63, 3.8) is 0 Å². The van der Waals surface area contributed by atoms with Crippen LogP contribution in [0, 0.1) is 10.9 Å². The highest BCUT2D eigenvalue weighted by atomic mass is 32.2. The number of rotatable bonds is 4. The van der Waals surface area contributed by atoms with Gasteiger partial charge in [-0.1, -0.05) is 41.2 Å². The molecule has 2 heterocycles. The summed E-state index contributed by atoms with van der Waals surface area (Å²) in [6.07, 6.45) is 1.56. The maximum Gasteiger partial charge on any atom is 0.275 e. The highest BCUT2D eigenvalue weighted by molar-refractivity contribution is 7.92. The Kier molecular flexibility index (Phi) is 4.61. The molecule has 0 unspecified atom stereocenters. The summed E-state index contributed by atoms with van der Waals surface area (Å²) in [5.41, 5.74) is 0.938. The van der Waals surface area contributed by atoms with E-state index in [9.17, 15) is 13.5 Å². The lowest BCUT2D eigenvalue weighted by atomic mass is 10.2. The molecular formula is C18H14N4O3S3. The Bertz CT molecular complexity index is 1350. The highest BCUT2D eigenvalue weighted by Crippen LogP contribution is 2.28. The zero-order valence-electron chi connectivity index (χ0n) is 14.5. The van der Waals surface area contributed by atoms with Crippen molar-refractivity contribution >= 4 is 39.7 Å². The largest absolute Gasteiger partial charge is 0.492 e. The van der Waals surface area contributed by atoms with E-state index in [-0.39, 0.29) is 14.7 Å². The molecular weight excluding hydrogens is 416 g/mol. The molecule has 0 saturated heterocycles. The number of nitrogens with zero attached hydrogens (tertiary/aromatic N) is 3. The van der Waals surface area contributed by atoms with E-state index in [2.05, 4.69) is 14.8 Å². The minimum absolute atomic E-state index is 0.0711. The van der Waals surface area contributed by atoms with Crippen molar-refractivity contribution in [3.8, 4) is 5.88 Å². The number of hydrogen-bond acceptors (Lipinski definition) is 7. The number of aromatic nitrogens is 1. The summed E-state index contributed by atoms with van der Waals surface area (Å²) in [7, 11) is -3.91. The van der Waals surface area contributed by atoms with Gasteiger partial charge in [0.1, 0.15) is 0 Å². The molecule has 7 nitrogen and oxygen atoms in total. The fourth-order valence-electron chi connectivity index (χ4n) is 2.55. The van der Waals surface area contributed by atoms with E-state index in [1.54, 1.807) is 18.2 Å². The fourth-order valence-corrected chi connectivity index (χ4v) is 4.85. The van der Waals surface area contributed by atoms with Crippen molar-refractivity contribution in [3.05, 3.63) is 79.5 Å². The van der Waals surface area contributed by atoms with Crippen LogP contribution in [0.4, 0.5) is 0 Å². The summed E-state index contributed by atoms with van der Waals surface area (Å²) in [6.45, 7) is 1.86. The standard InChI is InChI=1S/C18H14N4O3S3/c1-11-6-8-12(9-7-11)28(24,25)21-22-17(23)15(27-18(22)26)10-16-19-13-4-2-3-5-14(13)20-16/h2-10,21,23H,1H3. The van der Waals surface area contributed by atoms with E-state index in [0.29, 0.717) is 10.7 Å². The summed E-state index contributed by atoms with van der Waals surface area (Å²) < 4.78 is 26.3. The van der Waals surface area contributed by atoms with Gasteiger partial charge in [-0.05, 0) is 43.4 Å². The monoisotopic (exact) mass is 430 g/mol. The molecule has 1 aromatic heterocycles. The molecule has 2 N–H and O–H groups in total. The average molecular weight is 431 g/mol. The van der Waals surface area contributed by atoms with E-state index in [0.717, 1.165) is 32.3 Å². The fraction of sp³-hybridized carbons (Fsp3) is 0.0556. The first-order chi connectivity index (χ1) is 13.3. The predicted molar refractivity (Wildman–Crippen MR) is 109 cm³/mol. The molecule has 0 aliphatic carbocycles. The van der Waals surface area contributed by atoms with Crippen LogP contribution in [0.2, 0.25) is 0 Å². The van der Waals surface area contributed by atoms with E-state index >= 15 is 0 Å². The molecule has 2 aromatic carbocycles. The van der Waals surface area contributed by atoms with Crippen LogP contribution in [0.3, 0.4) is 0 Å². The molecule has 28 heavy (non-hydrogen) atoms. The van der Waals surface area contributed by atoms with Crippen LogP contribution in [0.25, 0.3) is 6.08 Å². The first-order valence-corrected chi connectivity index (χ1v) is 10.8. The van der Waals surface area contributed by atoms with Gasteiger partial charge in [-0.2, -0.15) is 13.1 Å². The Morgan fingerprint density at radius 2 is 1.71 bits per heavy atom. The lowest BCUT2D eigenvalue weighted by molar-refractivity contribution is 0.434. The van der Waals surface area contributed by atoms with Gasteiger partial charge in [0.05, 0.1) is 20.5 Å². The van der Waals surface area contributed by atoms with Gasteiger partial charge >= 0.3 is 0 Å². The lowest BCUT2D eigenvalue weighted by Gasteiger charge is -2.09. The Morgan fingerprint density at radius 1 is 1.11 bits per heavy atom. The van der Waals surface area contributed by atoms with Crippen LogP contribution in [0.15, 0.2) is 69.2 Å². The van der Waals surface area contributed by atoms with Crippen LogP contribution in [-0.2, 0) is 10.0 Å². The molecule has 0 bridgehead atoms. The molecule has 1 aliphatic rings. The minimum Gasteiger partial charge on any atom is -0.492 e. The second-order valence-electron chi connectivity index (χ2n) is 6.01. The summed E-state index contributed by atoms with van der Waals surface area (Å²) >= 11 is 6.26. The minimum atomic E-state index is -3.91. The number of sulfonamides is 1. The molecule has 1 aliphatic heterocycles. The van der Waals surface area contributed by atoms with Crippen molar-refractivity contribution in [2.24, 2.45) is 9.98 Å². The second kappa shape index (κ2) is 6.97. The Hall–Kier alpha value is -2.82. The van der Waals surface area contributed by atoms with Crippen LogP contribution >= 0.6 is 23.6 Å². The number of nitrogens with one attached hydrogen (secondary N) is 1. The average Bonchev–Trinajstić information content (AvgIpc) is 3.18. The summed E-state index contributed by atoms with van der Waals surface area (Å²) in [6, 6.07) is 13.7. The number of hydrogen-bond donors (Lipinski definition) is 2. The molecule has 4 rings (SSSR count). The normalized spacial score (nSPS) is 12.8. The molecule has 10 heteroatoms. The summed E-state index contributed by atoms with van der Waals surface area (Å²) in [5, 5.41) is 12.0. The van der Waals surface area contributed by atoms with E-state index in [1.807, 2.05) is 31.2 Å². The molecule has 0 radical (unpaired) electrons. The number of para-hydroxylation sites is 2. The molecule has 3 aromatic rings. The van der Waals surface area contributed by atoms with Gasteiger partial charge in [0.15, 0.2) is 9.78 Å². The quantitative estimate of drug-likeness (QED) is 0.622. The van der Waals surface area contributed by atoms with Crippen molar-refractivity contribution in [1.29, 1.82) is 0 Å². The summed E-state index contributed by atoms with van der Waals surface area (Å²) in [4.78, 5) is 11.5. The first-order valence-electron chi connectivity index (χ1n) is 8.12. The van der Waals surface area contributed by atoms with Gasteiger partial charge < -0.3 is 5.11 Å². The maximum atomic E-state index is 12.6. The van der Waals surface area contributed by atoms with Crippen LogP contribution in [-0.4, -0.2) is 18.2 Å². The van der Waals surface area contributed by atoms with Crippen LogP contribution in [0.5, 0.6) is 5.88 Å². The molecule has 0 spiro atoms. The molecule has 0 amide bonds. The van der Waals surface area contributed by atoms with Gasteiger partial charge in [-0.3, -0.25) is 0 Å². The number of aryl methyl sites for hydroxylation is 1. The van der Waals surface area contributed by atoms with Crippen molar-refractivity contribution < 1.29 is 13.5 Å². The zero-order valence-corrected chi connectivity index (χ0v) is 17.0. The number of thiazole rings is 1. The second-order valence-corrected chi connectivity index (χ2v) is 9.35. The maximum absolute atomic E-state index is 12.6. The smallest absolute Gasteiger partial charge is 0.275 e. The third kappa shape index (κ3) is 3.49. The third-order valence-electron chi connectivity index (χ3n) is 3.97. The topological polar surface area (TPSA) is 96.0 Å². The SMILES string of the molecule is Cc1ccc(S(=O)(=O)Nn2c(O)c(C=C3N=c4ccccc4=N3)sc2=S)cc1. The van der Waals surface area contributed by atoms with Gasteiger partial charge in [-0.15, -0.1) is 0 Å². The zero-order chi connectivity index (χ0) is 19.9. The lowest BCUT2D eigenvalue weighted by Crippen LogP contribution is -2.22. The molecule has 0 fully saturated rings. The molecule has 0 atom stereocenters. The molecule has 142 valence electrons. The Labute approximate surface area is 169 Å². The van der Waals surface area contributed by atoms with Crippen LogP contribution < -0.4 is 15.5 Å². The Balaban J connectivity index is 1.69. The van der Waals surface area contributed by atoms with Crippen molar-refractivity contribution in [2.45, 2.75) is 11.8 Å². The molecule has 0 saturated carbocycles. The Morgan fingerprint density at radius 3 is 2.32 bits per heavy atom. The third-order valence-corrected chi connectivity index (χ3v) is 6.59. The van der Waals surface area contributed by atoms with Gasteiger partial charge in [-0.25, -0.2) is 14.8 Å². The van der Waals surface area contributed by atoms with Gasteiger partial charge in [0, 0.05) is 6.08 Å². The van der Waals surface area contributed by atoms with Crippen LogP contribution in [0.1, 0.15) is 10.4 Å². The number of benzene rings is 2. The number of fused-ring (bicyclic) bond motifs is 1. The summed E-state index contributed by atoms with van der Waals surface area (Å²) in [5.74, 6) is 0.0841. The highest BCUT2D eigenvalue weighted by Gasteiger charge is 2.19. The first kappa shape index (κ1) is 18.5. The van der Waals surface area contributed by atoms with Gasteiger partial charge in [0.25, 0.3) is 10.0 Å². The van der Waals surface area contributed by atoms with E-state index in [1.165, 1.54) is 12.1 Å². The van der Waals surface area contributed by atoms with Crippen molar-refractivity contribution in [2.75, 3.05) is 4.83 Å².